The maximum absolute atomic E-state index is 13.0. The summed E-state index contributed by atoms with van der Waals surface area (Å²) in [7, 11) is 0. The van der Waals surface area contributed by atoms with Crippen LogP contribution in [0.2, 0.25) is 5.02 Å². The predicted molar refractivity (Wildman–Crippen MR) is 126 cm³/mol. The Hall–Kier alpha value is -2.78. The monoisotopic (exact) mass is 428 g/mol. The molecule has 2 bridgehead atoms. The van der Waals surface area contributed by atoms with Crippen molar-refractivity contribution in [2.24, 2.45) is 17.8 Å². The summed E-state index contributed by atoms with van der Waals surface area (Å²) >= 11 is 6.07. The quantitative estimate of drug-likeness (QED) is 0.477. The van der Waals surface area contributed by atoms with Crippen molar-refractivity contribution in [1.29, 1.82) is 0 Å². The van der Waals surface area contributed by atoms with Crippen LogP contribution in [0.5, 0.6) is 0 Å². The first-order valence-electron chi connectivity index (χ1n) is 11.2. The van der Waals surface area contributed by atoms with Crippen molar-refractivity contribution in [3.05, 3.63) is 94.5 Å². The fourth-order valence-electron chi connectivity index (χ4n) is 6.39. The Balaban J connectivity index is 1.35. The van der Waals surface area contributed by atoms with E-state index < -0.39 is 0 Å². The highest BCUT2D eigenvalue weighted by Gasteiger charge is 2.53. The average Bonchev–Trinajstić information content (AvgIpc) is 3.42. The van der Waals surface area contributed by atoms with E-state index >= 15 is 0 Å². The lowest BCUT2D eigenvalue weighted by Gasteiger charge is -2.43. The Bertz CT molecular complexity index is 1140. The highest BCUT2D eigenvalue weighted by molar-refractivity contribution is 6.31. The number of amides is 1. The summed E-state index contributed by atoms with van der Waals surface area (Å²) in [5, 5.41) is 7.45. The Labute approximate surface area is 187 Å². The third-order valence-electron chi connectivity index (χ3n) is 7.59. The smallest absolute Gasteiger partial charge is 0.255 e. The van der Waals surface area contributed by atoms with Crippen LogP contribution in [0.3, 0.4) is 0 Å². The van der Waals surface area contributed by atoms with E-state index in [4.69, 9.17) is 11.6 Å². The van der Waals surface area contributed by atoms with Gasteiger partial charge in [-0.05, 0) is 90.5 Å². The van der Waals surface area contributed by atoms with Gasteiger partial charge in [-0.2, -0.15) is 0 Å². The molecular formula is C27H25ClN2O. The normalized spacial score (nSPS) is 27.8. The zero-order chi connectivity index (χ0) is 20.9. The minimum Gasteiger partial charge on any atom is -0.378 e. The van der Waals surface area contributed by atoms with E-state index in [-0.39, 0.29) is 5.91 Å². The van der Waals surface area contributed by atoms with Crippen molar-refractivity contribution in [3.63, 3.8) is 0 Å². The molecule has 2 fully saturated rings. The first kappa shape index (κ1) is 18.9. The average molecular weight is 429 g/mol. The van der Waals surface area contributed by atoms with Gasteiger partial charge in [0, 0.05) is 22.0 Å². The second kappa shape index (κ2) is 7.42. The molecule has 0 spiro atoms. The van der Waals surface area contributed by atoms with E-state index in [1.807, 2.05) is 18.2 Å². The maximum atomic E-state index is 13.0. The van der Waals surface area contributed by atoms with Gasteiger partial charge in [0.2, 0.25) is 0 Å². The van der Waals surface area contributed by atoms with Crippen molar-refractivity contribution in [2.75, 3.05) is 10.6 Å². The van der Waals surface area contributed by atoms with Gasteiger partial charge in [-0.1, -0.05) is 48.0 Å². The molecule has 0 saturated heterocycles. The van der Waals surface area contributed by atoms with Gasteiger partial charge in [0.05, 0.1) is 6.04 Å². The molecule has 1 amide bonds. The van der Waals surface area contributed by atoms with Crippen LogP contribution in [0.4, 0.5) is 11.4 Å². The van der Waals surface area contributed by atoms with Crippen LogP contribution in [-0.2, 0) is 0 Å². The van der Waals surface area contributed by atoms with Crippen LogP contribution in [0.15, 0.2) is 72.8 Å². The number of benzene rings is 3. The highest BCUT2D eigenvalue weighted by Crippen LogP contribution is 2.63. The molecule has 2 N–H and O–H groups in total. The Kier molecular flexibility index (Phi) is 4.53. The molecule has 6 rings (SSSR count). The predicted octanol–water partition coefficient (Wildman–Crippen LogP) is 6.89. The molecule has 2 aliphatic carbocycles. The molecule has 1 heterocycles. The van der Waals surface area contributed by atoms with Gasteiger partial charge in [0.25, 0.3) is 5.91 Å². The van der Waals surface area contributed by atoms with E-state index in [0.717, 1.165) is 17.5 Å². The number of fused-ring (bicyclic) bond motifs is 7. The second-order valence-electron chi connectivity index (χ2n) is 9.24. The summed E-state index contributed by atoms with van der Waals surface area (Å²) in [5.41, 5.74) is 5.30. The van der Waals surface area contributed by atoms with Crippen LogP contribution in [-0.4, -0.2) is 5.91 Å². The number of hydrogen-bond donors (Lipinski definition) is 2. The van der Waals surface area contributed by atoms with Gasteiger partial charge in [-0.3, -0.25) is 4.79 Å². The molecule has 1 aliphatic heterocycles. The number of carbonyl (C=O) groups excluding carboxylic acids is 1. The molecule has 3 aliphatic rings. The summed E-state index contributed by atoms with van der Waals surface area (Å²) < 4.78 is 0. The molecule has 31 heavy (non-hydrogen) atoms. The van der Waals surface area contributed by atoms with Crippen LogP contribution >= 0.6 is 11.6 Å². The lowest BCUT2D eigenvalue weighted by molar-refractivity contribution is 0.102. The summed E-state index contributed by atoms with van der Waals surface area (Å²) in [4.78, 5) is 13.0. The molecule has 3 nitrogen and oxygen atoms in total. The van der Waals surface area contributed by atoms with E-state index in [2.05, 4.69) is 53.1 Å². The van der Waals surface area contributed by atoms with Crippen molar-refractivity contribution in [2.45, 2.75) is 31.2 Å². The SMILES string of the molecule is O=C(Nc1cccc(Cl)c1)c1ccc2c(c1)[C@@H]1[C@H]3CC[C@@H](C3)[C@H]1[C@H](c1ccccc1)N2. The topological polar surface area (TPSA) is 41.1 Å². The molecule has 2 saturated carbocycles. The van der Waals surface area contributed by atoms with Gasteiger partial charge in [0.15, 0.2) is 0 Å². The van der Waals surface area contributed by atoms with Crippen LogP contribution in [0.1, 0.15) is 52.7 Å². The molecule has 5 atom stereocenters. The molecule has 0 radical (unpaired) electrons. The Morgan fingerprint density at radius 3 is 2.61 bits per heavy atom. The standard InChI is InChI=1S/C27H25ClN2O/c28-20-7-4-8-21(15-20)29-27(31)19-11-12-23-22(14-19)24-17-9-10-18(13-17)25(24)26(30-23)16-5-2-1-3-6-16/h1-8,11-12,14-15,17-18,24-26,30H,9-10,13H2,(H,29,31)/t17-,18-,24-,25+,26-/m0/s1. The van der Waals surface area contributed by atoms with Crippen LogP contribution in [0.25, 0.3) is 0 Å². The van der Waals surface area contributed by atoms with Crippen LogP contribution in [0, 0.1) is 17.8 Å². The third-order valence-corrected chi connectivity index (χ3v) is 7.83. The summed E-state index contributed by atoms with van der Waals surface area (Å²) in [6.45, 7) is 0. The number of carbonyl (C=O) groups is 1. The molecule has 3 aromatic carbocycles. The molecule has 156 valence electrons. The zero-order valence-corrected chi connectivity index (χ0v) is 18.0. The minimum absolute atomic E-state index is 0.0880. The number of rotatable bonds is 3. The van der Waals surface area contributed by atoms with Gasteiger partial charge in [0.1, 0.15) is 0 Å². The molecular weight excluding hydrogens is 404 g/mol. The van der Waals surface area contributed by atoms with Crippen LogP contribution < -0.4 is 10.6 Å². The van der Waals surface area contributed by atoms with Gasteiger partial charge in [-0.15, -0.1) is 0 Å². The Morgan fingerprint density at radius 1 is 0.935 bits per heavy atom. The summed E-state index contributed by atoms with van der Waals surface area (Å²) in [6, 6.07) is 24.6. The first-order valence-corrected chi connectivity index (χ1v) is 11.6. The Morgan fingerprint density at radius 2 is 1.77 bits per heavy atom. The minimum atomic E-state index is -0.0880. The van der Waals surface area contributed by atoms with E-state index in [1.165, 1.54) is 36.1 Å². The first-order chi connectivity index (χ1) is 15.2. The van der Waals surface area contributed by atoms with Gasteiger partial charge >= 0.3 is 0 Å². The lowest BCUT2D eigenvalue weighted by Crippen LogP contribution is -2.35. The lowest BCUT2D eigenvalue weighted by atomic mass is 9.68. The molecule has 0 unspecified atom stereocenters. The van der Waals surface area contributed by atoms with Gasteiger partial charge < -0.3 is 10.6 Å². The second-order valence-corrected chi connectivity index (χ2v) is 9.67. The number of halogens is 1. The van der Waals surface area contributed by atoms with E-state index in [1.54, 1.807) is 12.1 Å². The molecule has 3 aromatic rings. The van der Waals surface area contributed by atoms with Gasteiger partial charge in [-0.25, -0.2) is 0 Å². The summed E-state index contributed by atoms with van der Waals surface area (Å²) in [6.07, 6.45) is 3.96. The number of hydrogen-bond acceptors (Lipinski definition) is 2. The van der Waals surface area contributed by atoms with Crippen molar-refractivity contribution < 1.29 is 4.79 Å². The van der Waals surface area contributed by atoms with Crippen molar-refractivity contribution in [3.8, 4) is 0 Å². The number of nitrogens with one attached hydrogen (secondary N) is 2. The highest BCUT2D eigenvalue weighted by atomic mass is 35.5. The third kappa shape index (κ3) is 3.23. The number of anilines is 2. The van der Waals surface area contributed by atoms with E-state index in [0.29, 0.717) is 28.5 Å². The zero-order valence-electron chi connectivity index (χ0n) is 17.2. The van der Waals surface area contributed by atoms with E-state index in [9.17, 15) is 4.79 Å². The largest absolute Gasteiger partial charge is 0.378 e. The molecule has 0 aromatic heterocycles. The fourth-order valence-corrected chi connectivity index (χ4v) is 6.58. The fraction of sp³-hybridized carbons (Fsp3) is 0.296. The summed E-state index contributed by atoms with van der Waals surface area (Å²) in [5.74, 6) is 2.53. The maximum Gasteiger partial charge on any atom is 0.255 e. The van der Waals surface area contributed by atoms with Crippen molar-refractivity contribution >= 4 is 28.9 Å². The van der Waals surface area contributed by atoms with Crippen molar-refractivity contribution in [1.82, 2.24) is 0 Å². The molecule has 4 heteroatoms.